The number of rotatable bonds is 6. The first-order valence-corrected chi connectivity index (χ1v) is 7.14. The quantitative estimate of drug-likeness (QED) is 0.848. The number of hydrogen-bond donors (Lipinski definition) is 1. The molecule has 0 amide bonds. The molecule has 0 bridgehead atoms. The van der Waals surface area contributed by atoms with Gasteiger partial charge in [-0.1, -0.05) is 41.9 Å². The monoisotopic (exact) mass is 289 g/mol. The molecule has 0 fully saturated rings. The molecule has 0 spiro atoms. The molecule has 2 aromatic rings. The van der Waals surface area contributed by atoms with E-state index in [0.29, 0.717) is 0 Å². The van der Waals surface area contributed by atoms with Crippen LogP contribution >= 0.6 is 11.6 Å². The van der Waals surface area contributed by atoms with Crippen molar-refractivity contribution in [3.8, 4) is 0 Å². The van der Waals surface area contributed by atoms with Crippen LogP contribution in [0.5, 0.6) is 0 Å². The van der Waals surface area contributed by atoms with Crippen LogP contribution in [-0.2, 0) is 17.7 Å². The third kappa shape index (κ3) is 3.99. The molecule has 0 heterocycles. The van der Waals surface area contributed by atoms with E-state index in [1.165, 1.54) is 11.1 Å². The van der Waals surface area contributed by atoms with Crippen molar-refractivity contribution in [2.24, 2.45) is 0 Å². The maximum atomic E-state index is 6.15. The fourth-order valence-electron chi connectivity index (χ4n) is 2.07. The van der Waals surface area contributed by atoms with Crippen LogP contribution in [0.4, 0.5) is 5.69 Å². The molecule has 0 atom stereocenters. The predicted molar refractivity (Wildman–Crippen MR) is 85.5 cm³/mol. The summed E-state index contributed by atoms with van der Waals surface area (Å²) in [5.74, 6) is 0. The van der Waals surface area contributed by atoms with Crippen LogP contribution < -0.4 is 5.32 Å². The number of hydrogen-bond acceptors (Lipinski definition) is 2. The number of anilines is 1. The van der Waals surface area contributed by atoms with Crippen LogP contribution in [0.1, 0.15) is 16.7 Å². The van der Waals surface area contributed by atoms with Gasteiger partial charge in [0, 0.05) is 24.4 Å². The van der Waals surface area contributed by atoms with Gasteiger partial charge in [-0.15, -0.1) is 0 Å². The molecule has 0 unspecified atom stereocenters. The SMILES string of the molecule is COCCc1ccccc1NCc1ccc(C)c(Cl)c1. The Kier molecular flexibility index (Phi) is 5.45. The van der Waals surface area contributed by atoms with E-state index in [-0.39, 0.29) is 0 Å². The van der Waals surface area contributed by atoms with E-state index in [0.717, 1.165) is 35.8 Å². The topological polar surface area (TPSA) is 21.3 Å². The van der Waals surface area contributed by atoms with Gasteiger partial charge in [0.15, 0.2) is 0 Å². The lowest BCUT2D eigenvalue weighted by Gasteiger charge is -2.12. The summed E-state index contributed by atoms with van der Waals surface area (Å²) in [6.45, 7) is 3.51. The molecule has 0 aliphatic heterocycles. The highest BCUT2D eigenvalue weighted by Crippen LogP contribution is 2.20. The van der Waals surface area contributed by atoms with Crippen molar-refractivity contribution in [1.29, 1.82) is 0 Å². The summed E-state index contributed by atoms with van der Waals surface area (Å²) in [7, 11) is 1.73. The predicted octanol–water partition coefficient (Wildman–Crippen LogP) is 4.45. The minimum atomic E-state index is 0.731. The van der Waals surface area contributed by atoms with Crippen LogP contribution in [0.2, 0.25) is 5.02 Å². The third-order valence-electron chi connectivity index (χ3n) is 3.31. The lowest BCUT2D eigenvalue weighted by molar-refractivity contribution is 0.202. The average Bonchev–Trinajstić information content (AvgIpc) is 2.47. The van der Waals surface area contributed by atoms with Crippen molar-refractivity contribution in [3.05, 3.63) is 64.2 Å². The molecule has 2 nitrogen and oxygen atoms in total. The van der Waals surface area contributed by atoms with E-state index < -0.39 is 0 Å². The zero-order valence-electron chi connectivity index (χ0n) is 11.9. The summed E-state index contributed by atoms with van der Waals surface area (Å²) < 4.78 is 5.15. The number of aryl methyl sites for hydroxylation is 1. The molecule has 0 saturated heterocycles. The van der Waals surface area contributed by atoms with E-state index in [1.807, 2.05) is 19.1 Å². The standard InChI is InChI=1S/C17H20ClNO/c1-13-7-8-14(11-16(13)18)12-19-17-6-4-3-5-15(17)9-10-20-2/h3-8,11,19H,9-10,12H2,1-2H3. The summed E-state index contributed by atoms with van der Waals surface area (Å²) in [5, 5.41) is 4.29. The van der Waals surface area contributed by atoms with Crippen molar-refractivity contribution in [2.75, 3.05) is 19.0 Å². The largest absolute Gasteiger partial charge is 0.384 e. The van der Waals surface area contributed by atoms with E-state index in [4.69, 9.17) is 16.3 Å². The summed E-state index contributed by atoms with van der Waals surface area (Å²) in [4.78, 5) is 0. The molecular formula is C17H20ClNO. The number of nitrogens with one attached hydrogen (secondary N) is 1. The second-order valence-electron chi connectivity index (χ2n) is 4.84. The molecule has 0 aliphatic rings. The van der Waals surface area contributed by atoms with E-state index in [9.17, 15) is 0 Å². The Hall–Kier alpha value is -1.51. The Bertz CT molecular complexity index is 569. The zero-order valence-corrected chi connectivity index (χ0v) is 12.7. The molecule has 1 N–H and O–H groups in total. The molecule has 2 rings (SSSR count). The summed E-state index contributed by atoms with van der Waals surface area (Å²) in [6.07, 6.45) is 0.911. The van der Waals surface area contributed by atoms with Gasteiger partial charge >= 0.3 is 0 Å². The van der Waals surface area contributed by atoms with Gasteiger partial charge in [-0.3, -0.25) is 0 Å². The van der Waals surface area contributed by atoms with E-state index in [1.54, 1.807) is 7.11 Å². The van der Waals surface area contributed by atoms with E-state index in [2.05, 4.69) is 35.6 Å². The van der Waals surface area contributed by atoms with Gasteiger partial charge in [0.1, 0.15) is 0 Å². The Balaban J connectivity index is 2.04. The highest BCUT2D eigenvalue weighted by Gasteiger charge is 2.02. The Morgan fingerprint density at radius 1 is 1.15 bits per heavy atom. The Morgan fingerprint density at radius 2 is 1.95 bits per heavy atom. The zero-order chi connectivity index (χ0) is 14.4. The molecular weight excluding hydrogens is 270 g/mol. The first-order valence-electron chi connectivity index (χ1n) is 6.76. The minimum absolute atomic E-state index is 0.731. The first-order chi connectivity index (χ1) is 9.70. The van der Waals surface area contributed by atoms with Gasteiger partial charge in [0.05, 0.1) is 6.61 Å². The van der Waals surface area contributed by atoms with Crippen molar-refractivity contribution in [3.63, 3.8) is 0 Å². The maximum Gasteiger partial charge on any atom is 0.0503 e. The smallest absolute Gasteiger partial charge is 0.0503 e. The van der Waals surface area contributed by atoms with Crippen LogP contribution in [-0.4, -0.2) is 13.7 Å². The van der Waals surface area contributed by atoms with E-state index >= 15 is 0 Å². The number of halogens is 1. The molecule has 20 heavy (non-hydrogen) atoms. The maximum absolute atomic E-state index is 6.15. The van der Waals surface area contributed by atoms with Gasteiger partial charge in [0.25, 0.3) is 0 Å². The normalized spacial score (nSPS) is 10.6. The number of ether oxygens (including phenoxy) is 1. The molecule has 2 aromatic carbocycles. The average molecular weight is 290 g/mol. The van der Waals surface area contributed by atoms with Crippen molar-refractivity contribution < 1.29 is 4.74 Å². The van der Waals surface area contributed by atoms with Gasteiger partial charge in [-0.25, -0.2) is 0 Å². The second kappa shape index (κ2) is 7.32. The van der Waals surface area contributed by atoms with Crippen LogP contribution in [0.3, 0.4) is 0 Å². The van der Waals surface area contributed by atoms with Crippen LogP contribution in [0.15, 0.2) is 42.5 Å². The first kappa shape index (κ1) is 14.9. The molecule has 3 heteroatoms. The van der Waals surface area contributed by atoms with Crippen molar-refractivity contribution in [2.45, 2.75) is 19.9 Å². The number of methoxy groups -OCH3 is 1. The van der Waals surface area contributed by atoms with Gasteiger partial charge in [-0.2, -0.15) is 0 Å². The second-order valence-corrected chi connectivity index (χ2v) is 5.24. The van der Waals surface area contributed by atoms with Crippen molar-refractivity contribution >= 4 is 17.3 Å². The summed E-state index contributed by atoms with van der Waals surface area (Å²) in [5.41, 5.74) is 4.71. The molecule has 0 saturated carbocycles. The van der Waals surface area contributed by atoms with Crippen molar-refractivity contribution in [1.82, 2.24) is 0 Å². The molecule has 0 aromatic heterocycles. The summed E-state index contributed by atoms with van der Waals surface area (Å²) >= 11 is 6.15. The highest BCUT2D eigenvalue weighted by atomic mass is 35.5. The third-order valence-corrected chi connectivity index (χ3v) is 3.72. The summed E-state index contributed by atoms with van der Waals surface area (Å²) in [6, 6.07) is 14.5. The van der Waals surface area contributed by atoms with Gasteiger partial charge in [0.2, 0.25) is 0 Å². The molecule has 0 radical (unpaired) electrons. The Labute approximate surface area is 125 Å². The lowest BCUT2D eigenvalue weighted by Crippen LogP contribution is -2.04. The Morgan fingerprint density at radius 3 is 2.70 bits per heavy atom. The van der Waals surface area contributed by atoms with Gasteiger partial charge < -0.3 is 10.1 Å². The van der Waals surface area contributed by atoms with Gasteiger partial charge in [-0.05, 0) is 42.2 Å². The number of para-hydroxylation sites is 1. The fraction of sp³-hybridized carbons (Fsp3) is 0.294. The van der Waals surface area contributed by atoms with Crippen LogP contribution in [0, 0.1) is 6.92 Å². The highest BCUT2D eigenvalue weighted by molar-refractivity contribution is 6.31. The molecule has 106 valence electrons. The molecule has 0 aliphatic carbocycles. The lowest BCUT2D eigenvalue weighted by atomic mass is 10.1. The minimum Gasteiger partial charge on any atom is -0.384 e. The number of benzene rings is 2. The van der Waals surface area contributed by atoms with Crippen LogP contribution in [0.25, 0.3) is 0 Å². The fourth-order valence-corrected chi connectivity index (χ4v) is 2.27.